The Kier molecular flexibility index (Phi) is 4.39. The van der Waals surface area contributed by atoms with Crippen LogP contribution in [0.2, 0.25) is 0 Å². The van der Waals surface area contributed by atoms with Crippen LogP contribution in [-0.2, 0) is 0 Å². The molecule has 0 aliphatic heterocycles. The zero-order valence-corrected chi connectivity index (χ0v) is 13.8. The number of rotatable bonds is 0. The smallest absolute Gasteiger partial charge is 0.126 e. The molecule has 2 nitrogen and oxygen atoms in total. The molecule has 0 atom stereocenters. The maximum Gasteiger partial charge on any atom is 0.126 e. The van der Waals surface area contributed by atoms with Gasteiger partial charge in [-0.1, -0.05) is 72.8 Å². The Balaban J connectivity index is 0.000000141. The van der Waals surface area contributed by atoms with Crippen LogP contribution in [0.3, 0.4) is 0 Å². The molecule has 0 radical (unpaired) electrons. The molecular formula is C22H20O2. The third-order valence-electron chi connectivity index (χ3n) is 4.20. The molecule has 4 aromatic carbocycles. The molecular weight excluding hydrogens is 296 g/mol. The molecule has 120 valence electrons. The van der Waals surface area contributed by atoms with E-state index < -0.39 is 0 Å². The third kappa shape index (κ3) is 3.04. The minimum absolute atomic E-state index is 0.396. The summed E-state index contributed by atoms with van der Waals surface area (Å²) < 4.78 is 0. The highest BCUT2D eigenvalue weighted by Crippen LogP contribution is 2.28. The fourth-order valence-electron chi connectivity index (χ4n) is 2.73. The van der Waals surface area contributed by atoms with E-state index in [0.717, 1.165) is 32.7 Å². The van der Waals surface area contributed by atoms with Crippen LogP contribution in [0.5, 0.6) is 11.5 Å². The summed E-state index contributed by atoms with van der Waals surface area (Å²) in [4.78, 5) is 0. The lowest BCUT2D eigenvalue weighted by Gasteiger charge is -2.02. The Morgan fingerprint density at radius 3 is 1.29 bits per heavy atom. The highest BCUT2D eigenvalue weighted by molar-refractivity contribution is 5.89. The average Bonchev–Trinajstić information content (AvgIpc) is 2.62. The Bertz CT molecular complexity index is 920. The van der Waals surface area contributed by atoms with Crippen molar-refractivity contribution in [3.8, 4) is 11.5 Å². The molecule has 0 aliphatic carbocycles. The van der Waals surface area contributed by atoms with Crippen LogP contribution in [-0.4, -0.2) is 10.2 Å². The predicted molar refractivity (Wildman–Crippen MR) is 101 cm³/mol. The van der Waals surface area contributed by atoms with Gasteiger partial charge in [0.05, 0.1) is 0 Å². The number of aryl methyl sites for hydroxylation is 2. The van der Waals surface area contributed by atoms with Crippen LogP contribution in [0.25, 0.3) is 21.5 Å². The summed E-state index contributed by atoms with van der Waals surface area (Å²) in [5.41, 5.74) is 1.85. The molecule has 0 bridgehead atoms. The number of hydrogen-bond acceptors (Lipinski definition) is 2. The zero-order chi connectivity index (χ0) is 17.1. The van der Waals surface area contributed by atoms with Crippen molar-refractivity contribution in [2.24, 2.45) is 0 Å². The summed E-state index contributed by atoms with van der Waals surface area (Å²) in [6.45, 7) is 3.81. The van der Waals surface area contributed by atoms with E-state index in [9.17, 15) is 10.2 Å². The fraction of sp³-hybridized carbons (Fsp3) is 0.0909. The van der Waals surface area contributed by atoms with Crippen molar-refractivity contribution in [2.75, 3.05) is 0 Å². The van der Waals surface area contributed by atoms with Gasteiger partial charge in [0, 0.05) is 10.8 Å². The second-order valence-corrected chi connectivity index (χ2v) is 5.90. The molecule has 0 amide bonds. The van der Waals surface area contributed by atoms with Crippen molar-refractivity contribution >= 4 is 21.5 Å². The number of phenolic OH excluding ortho intramolecular Hbond substituents is 2. The maximum absolute atomic E-state index is 9.66. The number of benzene rings is 4. The molecule has 0 aromatic heterocycles. The summed E-state index contributed by atoms with van der Waals surface area (Å²) in [7, 11) is 0. The van der Waals surface area contributed by atoms with E-state index in [2.05, 4.69) is 0 Å². The lowest BCUT2D eigenvalue weighted by molar-refractivity contribution is 0.477. The first-order valence-electron chi connectivity index (χ1n) is 7.92. The number of aromatic hydroxyl groups is 2. The van der Waals surface area contributed by atoms with Gasteiger partial charge in [-0.3, -0.25) is 0 Å². The molecule has 0 aliphatic rings. The monoisotopic (exact) mass is 316 g/mol. The van der Waals surface area contributed by atoms with Crippen LogP contribution in [0.1, 0.15) is 11.1 Å². The first kappa shape index (κ1) is 15.9. The van der Waals surface area contributed by atoms with Gasteiger partial charge >= 0.3 is 0 Å². The Hall–Kier alpha value is -3.00. The summed E-state index contributed by atoms with van der Waals surface area (Å²) in [5.74, 6) is 0.793. The molecule has 0 heterocycles. The van der Waals surface area contributed by atoms with Crippen molar-refractivity contribution < 1.29 is 10.2 Å². The third-order valence-corrected chi connectivity index (χ3v) is 4.20. The molecule has 0 unspecified atom stereocenters. The van der Waals surface area contributed by atoms with Crippen LogP contribution in [0.15, 0.2) is 72.8 Å². The van der Waals surface area contributed by atoms with Gasteiger partial charge in [0.25, 0.3) is 0 Å². The highest BCUT2D eigenvalue weighted by Gasteiger charge is 2.01. The summed E-state index contributed by atoms with van der Waals surface area (Å²) in [6, 6.07) is 23.5. The van der Waals surface area contributed by atoms with E-state index >= 15 is 0 Å². The molecule has 0 saturated carbocycles. The largest absolute Gasteiger partial charge is 0.507 e. The van der Waals surface area contributed by atoms with E-state index in [1.807, 2.05) is 86.6 Å². The zero-order valence-electron chi connectivity index (χ0n) is 13.8. The lowest BCUT2D eigenvalue weighted by Crippen LogP contribution is -1.77. The van der Waals surface area contributed by atoms with Crippen LogP contribution in [0, 0.1) is 13.8 Å². The summed E-state index contributed by atoms with van der Waals surface area (Å²) >= 11 is 0. The second kappa shape index (κ2) is 6.63. The molecule has 0 spiro atoms. The van der Waals surface area contributed by atoms with Crippen molar-refractivity contribution in [2.45, 2.75) is 13.8 Å². The Morgan fingerprint density at radius 2 is 0.875 bits per heavy atom. The van der Waals surface area contributed by atoms with E-state index in [-0.39, 0.29) is 0 Å². The van der Waals surface area contributed by atoms with Gasteiger partial charge in [0.15, 0.2) is 0 Å². The summed E-state index contributed by atoms with van der Waals surface area (Å²) in [5, 5.41) is 23.3. The SMILES string of the molecule is Cc1ccc2ccccc2c1O.Cc1ccc2ccccc2c1O. The minimum atomic E-state index is 0.396. The Morgan fingerprint density at radius 1 is 0.500 bits per heavy atom. The van der Waals surface area contributed by atoms with Gasteiger partial charge in [-0.15, -0.1) is 0 Å². The van der Waals surface area contributed by atoms with Crippen LogP contribution >= 0.6 is 0 Å². The van der Waals surface area contributed by atoms with Crippen LogP contribution in [0.4, 0.5) is 0 Å². The average molecular weight is 316 g/mol. The number of phenols is 2. The molecule has 2 N–H and O–H groups in total. The normalized spacial score (nSPS) is 10.4. The molecule has 2 heteroatoms. The summed E-state index contributed by atoms with van der Waals surface area (Å²) in [6.07, 6.45) is 0. The predicted octanol–water partition coefficient (Wildman–Crippen LogP) is 5.71. The lowest BCUT2D eigenvalue weighted by atomic mass is 10.1. The van der Waals surface area contributed by atoms with E-state index in [1.165, 1.54) is 0 Å². The van der Waals surface area contributed by atoms with Gasteiger partial charge in [-0.2, -0.15) is 0 Å². The van der Waals surface area contributed by atoms with Gasteiger partial charge in [-0.05, 0) is 35.7 Å². The maximum atomic E-state index is 9.66. The molecule has 4 rings (SSSR count). The Labute approximate surface area is 141 Å². The van der Waals surface area contributed by atoms with E-state index in [1.54, 1.807) is 0 Å². The molecule has 4 aromatic rings. The van der Waals surface area contributed by atoms with Crippen molar-refractivity contribution in [3.63, 3.8) is 0 Å². The quantitative estimate of drug-likeness (QED) is 0.436. The topological polar surface area (TPSA) is 40.5 Å². The number of fused-ring (bicyclic) bond motifs is 2. The van der Waals surface area contributed by atoms with Crippen molar-refractivity contribution in [1.82, 2.24) is 0 Å². The minimum Gasteiger partial charge on any atom is -0.507 e. The van der Waals surface area contributed by atoms with Gasteiger partial charge in [0.1, 0.15) is 11.5 Å². The standard InChI is InChI=1S/2C11H10O/c2*1-8-6-7-9-4-2-3-5-10(9)11(8)12/h2*2-7,12H,1H3. The van der Waals surface area contributed by atoms with Crippen LogP contribution < -0.4 is 0 Å². The molecule has 24 heavy (non-hydrogen) atoms. The first-order chi connectivity index (χ1) is 11.6. The van der Waals surface area contributed by atoms with Gasteiger partial charge in [-0.25, -0.2) is 0 Å². The molecule has 0 saturated heterocycles. The number of hydrogen-bond donors (Lipinski definition) is 2. The van der Waals surface area contributed by atoms with E-state index in [4.69, 9.17) is 0 Å². The molecule has 0 fully saturated rings. The van der Waals surface area contributed by atoms with Gasteiger partial charge < -0.3 is 10.2 Å². The van der Waals surface area contributed by atoms with E-state index in [0.29, 0.717) is 11.5 Å². The highest BCUT2D eigenvalue weighted by atomic mass is 16.3. The van der Waals surface area contributed by atoms with Gasteiger partial charge in [0.2, 0.25) is 0 Å². The fourth-order valence-corrected chi connectivity index (χ4v) is 2.73. The first-order valence-corrected chi connectivity index (χ1v) is 7.92. The van der Waals surface area contributed by atoms with Crippen molar-refractivity contribution in [3.05, 3.63) is 83.9 Å². The van der Waals surface area contributed by atoms with Crippen molar-refractivity contribution in [1.29, 1.82) is 0 Å². The second-order valence-electron chi connectivity index (χ2n) is 5.90.